The van der Waals surface area contributed by atoms with Gasteiger partial charge in [0, 0.05) is 11.6 Å². The van der Waals surface area contributed by atoms with Gasteiger partial charge in [-0.25, -0.2) is 0 Å². The third-order valence-corrected chi connectivity index (χ3v) is 4.06. The van der Waals surface area contributed by atoms with E-state index in [-0.39, 0.29) is 5.91 Å². The van der Waals surface area contributed by atoms with Gasteiger partial charge in [0.2, 0.25) is 0 Å². The lowest BCUT2D eigenvalue weighted by Gasteiger charge is -2.17. The maximum absolute atomic E-state index is 12.4. The summed E-state index contributed by atoms with van der Waals surface area (Å²) in [6, 6.07) is 11.6. The fraction of sp³-hybridized carbons (Fsp3) is 0.263. The first-order valence-electron chi connectivity index (χ1n) is 8.22. The van der Waals surface area contributed by atoms with Gasteiger partial charge >= 0.3 is 0 Å². The van der Waals surface area contributed by atoms with Crippen LogP contribution >= 0.6 is 23.2 Å². The molecule has 0 heterocycles. The third-order valence-electron chi connectivity index (χ3n) is 3.53. The van der Waals surface area contributed by atoms with E-state index in [9.17, 15) is 9.59 Å². The van der Waals surface area contributed by atoms with Crippen LogP contribution in [0, 0.1) is 0 Å². The second-order valence-electron chi connectivity index (χ2n) is 5.63. The highest BCUT2D eigenvalue weighted by Crippen LogP contribution is 2.28. The van der Waals surface area contributed by atoms with Gasteiger partial charge in [0.1, 0.15) is 5.75 Å². The number of halogens is 2. The molecule has 0 saturated carbocycles. The Balaban J connectivity index is 2.08. The molecule has 7 heteroatoms. The Labute approximate surface area is 162 Å². The molecule has 1 atom stereocenters. The Hall–Kier alpha value is -2.24. The Bertz CT molecular complexity index is 796. The standard InChI is InChI=1S/C19H20Cl2N2O3/c1-3-10-22-19(25)14-6-4-5-7-16(14)23-18(24)12(2)26-17-9-8-13(20)11-15(17)21/h4-9,11-12H,3,10H2,1-2H3,(H,22,25)(H,23,24). The number of amides is 2. The van der Waals surface area contributed by atoms with Gasteiger partial charge in [-0.1, -0.05) is 42.3 Å². The van der Waals surface area contributed by atoms with E-state index in [2.05, 4.69) is 10.6 Å². The fourth-order valence-corrected chi connectivity index (χ4v) is 2.63. The van der Waals surface area contributed by atoms with Crippen LogP contribution in [0.2, 0.25) is 10.0 Å². The third kappa shape index (κ3) is 5.38. The van der Waals surface area contributed by atoms with Gasteiger partial charge in [-0.05, 0) is 43.7 Å². The number of carbonyl (C=O) groups is 2. The number of anilines is 1. The van der Waals surface area contributed by atoms with Crippen LogP contribution in [0.3, 0.4) is 0 Å². The number of benzene rings is 2. The zero-order valence-electron chi connectivity index (χ0n) is 14.5. The highest BCUT2D eigenvalue weighted by molar-refractivity contribution is 6.35. The maximum atomic E-state index is 12.4. The van der Waals surface area contributed by atoms with E-state index in [4.69, 9.17) is 27.9 Å². The van der Waals surface area contributed by atoms with Gasteiger partial charge < -0.3 is 15.4 Å². The SMILES string of the molecule is CCCNC(=O)c1ccccc1NC(=O)C(C)Oc1ccc(Cl)cc1Cl. The maximum Gasteiger partial charge on any atom is 0.265 e. The minimum Gasteiger partial charge on any atom is -0.479 e. The van der Waals surface area contributed by atoms with E-state index >= 15 is 0 Å². The van der Waals surface area contributed by atoms with Crippen LogP contribution in [-0.2, 0) is 4.79 Å². The summed E-state index contributed by atoms with van der Waals surface area (Å²) in [4.78, 5) is 24.7. The quantitative estimate of drug-likeness (QED) is 0.724. The minimum atomic E-state index is -0.819. The summed E-state index contributed by atoms with van der Waals surface area (Å²) in [5.74, 6) is -0.281. The largest absolute Gasteiger partial charge is 0.479 e. The topological polar surface area (TPSA) is 67.4 Å². The number of hydrogen-bond acceptors (Lipinski definition) is 3. The molecule has 0 radical (unpaired) electrons. The van der Waals surface area contributed by atoms with Crippen LogP contribution in [0.4, 0.5) is 5.69 Å². The van der Waals surface area contributed by atoms with Crippen LogP contribution in [0.15, 0.2) is 42.5 Å². The zero-order chi connectivity index (χ0) is 19.1. The average molecular weight is 395 g/mol. The molecule has 0 spiro atoms. The van der Waals surface area contributed by atoms with E-state index in [0.717, 1.165) is 6.42 Å². The summed E-state index contributed by atoms with van der Waals surface area (Å²) < 4.78 is 5.60. The molecule has 2 aromatic rings. The number of ether oxygens (including phenoxy) is 1. The van der Waals surface area contributed by atoms with E-state index in [0.29, 0.717) is 33.6 Å². The first-order chi connectivity index (χ1) is 12.4. The lowest BCUT2D eigenvalue weighted by Crippen LogP contribution is -2.32. The first-order valence-corrected chi connectivity index (χ1v) is 8.97. The zero-order valence-corrected chi connectivity index (χ0v) is 16.0. The second-order valence-corrected chi connectivity index (χ2v) is 6.47. The molecule has 0 bridgehead atoms. The molecular weight excluding hydrogens is 375 g/mol. The molecule has 2 amide bonds. The molecule has 0 aromatic heterocycles. The van der Waals surface area contributed by atoms with E-state index < -0.39 is 12.0 Å². The first kappa shape index (κ1) is 20.1. The van der Waals surface area contributed by atoms with Gasteiger partial charge in [0.15, 0.2) is 6.10 Å². The molecule has 0 aliphatic heterocycles. The number of hydrogen-bond donors (Lipinski definition) is 2. The van der Waals surface area contributed by atoms with Crippen molar-refractivity contribution in [3.63, 3.8) is 0 Å². The lowest BCUT2D eigenvalue weighted by molar-refractivity contribution is -0.122. The summed E-state index contributed by atoms with van der Waals surface area (Å²) in [5, 5.41) is 6.31. The van der Waals surface area contributed by atoms with Crippen LogP contribution in [-0.4, -0.2) is 24.5 Å². The molecule has 0 aliphatic carbocycles. The number of para-hydroxylation sites is 1. The fourth-order valence-electron chi connectivity index (χ4n) is 2.17. The molecule has 2 aromatic carbocycles. The summed E-state index contributed by atoms with van der Waals surface area (Å²) >= 11 is 11.9. The number of rotatable bonds is 7. The van der Waals surface area contributed by atoms with Gasteiger partial charge in [-0.3, -0.25) is 9.59 Å². The molecule has 0 aliphatic rings. The number of carbonyl (C=O) groups excluding carboxylic acids is 2. The van der Waals surface area contributed by atoms with Crippen molar-refractivity contribution >= 4 is 40.7 Å². The van der Waals surface area contributed by atoms with Crippen molar-refractivity contribution in [2.45, 2.75) is 26.4 Å². The Morgan fingerprint density at radius 1 is 1.15 bits per heavy atom. The molecule has 1 unspecified atom stereocenters. The van der Waals surface area contributed by atoms with E-state index in [1.807, 2.05) is 6.92 Å². The summed E-state index contributed by atoms with van der Waals surface area (Å²) in [6.45, 7) is 4.13. The predicted octanol–water partition coefficient (Wildman–Crippen LogP) is 4.54. The van der Waals surface area contributed by atoms with E-state index in [1.54, 1.807) is 43.3 Å². The predicted molar refractivity (Wildman–Crippen MR) is 104 cm³/mol. The van der Waals surface area contributed by atoms with Crippen molar-refractivity contribution in [3.05, 3.63) is 58.1 Å². The summed E-state index contributed by atoms with van der Waals surface area (Å²) in [6.07, 6.45) is 0.00734. The molecule has 26 heavy (non-hydrogen) atoms. The summed E-state index contributed by atoms with van der Waals surface area (Å²) in [7, 11) is 0. The molecule has 0 fully saturated rings. The Morgan fingerprint density at radius 3 is 2.58 bits per heavy atom. The summed E-state index contributed by atoms with van der Waals surface area (Å²) in [5.41, 5.74) is 0.815. The molecule has 138 valence electrons. The normalized spacial score (nSPS) is 11.5. The van der Waals surface area contributed by atoms with Gasteiger partial charge in [-0.2, -0.15) is 0 Å². The number of nitrogens with one attached hydrogen (secondary N) is 2. The van der Waals surface area contributed by atoms with Crippen molar-refractivity contribution in [1.29, 1.82) is 0 Å². The molecule has 5 nitrogen and oxygen atoms in total. The van der Waals surface area contributed by atoms with Crippen LogP contribution < -0.4 is 15.4 Å². The lowest BCUT2D eigenvalue weighted by atomic mass is 10.1. The second kappa shape index (κ2) is 9.46. The van der Waals surface area contributed by atoms with Crippen molar-refractivity contribution in [2.75, 3.05) is 11.9 Å². The molecule has 2 rings (SSSR count). The monoisotopic (exact) mass is 394 g/mol. The average Bonchev–Trinajstić information content (AvgIpc) is 2.62. The van der Waals surface area contributed by atoms with Gasteiger partial charge in [0.05, 0.1) is 16.3 Å². The smallest absolute Gasteiger partial charge is 0.265 e. The minimum absolute atomic E-state index is 0.239. The molecular formula is C19H20Cl2N2O3. The van der Waals surface area contributed by atoms with Gasteiger partial charge in [0.25, 0.3) is 11.8 Å². The molecule has 0 saturated heterocycles. The van der Waals surface area contributed by atoms with Crippen LogP contribution in [0.1, 0.15) is 30.6 Å². The van der Waals surface area contributed by atoms with Crippen molar-refractivity contribution in [3.8, 4) is 5.75 Å². The van der Waals surface area contributed by atoms with Gasteiger partial charge in [-0.15, -0.1) is 0 Å². The Kier molecular flexibility index (Phi) is 7.30. The van der Waals surface area contributed by atoms with Crippen molar-refractivity contribution in [1.82, 2.24) is 5.32 Å². The van der Waals surface area contributed by atoms with E-state index in [1.165, 1.54) is 6.07 Å². The van der Waals surface area contributed by atoms with Crippen molar-refractivity contribution in [2.24, 2.45) is 0 Å². The van der Waals surface area contributed by atoms with Crippen LogP contribution in [0.5, 0.6) is 5.75 Å². The Morgan fingerprint density at radius 2 is 1.88 bits per heavy atom. The highest BCUT2D eigenvalue weighted by atomic mass is 35.5. The molecule has 2 N–H and O–H groups in total. The van der Waals surface area contributed by atoms with Crippen molar-refractivity contribution < 1.29 is 14.3 Å². The highest BCUT2D eigenvalue weighted by Gasteiger charge is 2.19. The van der Waals surface area contributed by atoms with Crippen LogP contribution in [0.25, 0.3) is 0 Å².